The van der Waals surface area contributed by atoms with Gasteiger partial charge in [0.15, 0.2) is 40.4 Å². The van der Waals surface area contributed by atoms with E-state index in [0.717, 1.165) is 12.8 Å². The molecule has 0 aromatic heterocycles. The Bertz CT molecular complexity index is 6840. The van der Waals surface area contributed by atoms with Crippen LogP contribution in [0.5, 0.6) is 0 Å². The van der Waals surface area contributed by atoms with Crippen molar-refractivity contribution in [1.82, 2.24) is 0 Å². The number of benzene rings is 21. The molecule has 3 aliphatic rings. The van der Waals surface area contributed by atoms with Gasteiger partial charge in [-0.1, -0.05) is 595 Å². The fourth-order valence-electron chi connectivity index (χ4n) is 23.3. The third kappa shape index (κ3) is 16.1. The molecule has 1 aliphatic carbocycles. The fourth-order valence-corrected chi connectivity index (χ4v) is 48.6. The maximum absolute atomic E-state index is 2.60. The Hall–Kier alpha value is -15.3. The van der Waals surface area contributed by atoms with Crippen LogP contribution in [0.1, 0.15) is 63.4 Å². The predicted octanol–water partition coefficient (Wildman–Crippen LogP) is 17.9. The van der Waals surface area contributed by atoms with Crippen molar-refractivity contribution in [2.45, 2.75) is 40.0 Å². The van der Waals surface area contributed by atoms with Crippen LogP contribution in [-0.4, -0.2) is 40.4 Å². The van der Waals surface area contributed by atoms with Crippen molar-refractivity contribution in [2.24, 2.45) is 0 Å². The number of hydrogen-bond donors (Lipinski definition) is 0. The van der Waals surface area contributed by atoms with Crippen LogP contribution in [0, 0.1) is 13.8 Å². The molecule has 0 unspecified atom stereocenters. The molecule has 21 aromatic rings. The predicted molar refractivity (Wildman–Crippen MR) is 598 cm³/mol. The smallest absolute Gasteiger partial charge is 0.0776 e. The van der Waals surface area contributed by atoms with Crippen LogP contribution in [-0.2, 0) is 12.8 Å². The Labute approximate surface area is 815 Å². The third-order valence-corrected chi connectivity index (χ3v) is 53.8. The molecule has 0 saturated carbocycles. The summed E-state index contributed by atoms with van der Waals surface area (Å²) in [6.45, 7) is 4.50. The Kier molecular flexibility index (Phi) is 26.2. The van der Waals surface area contributed by atoms with E-state index in [1.54, 1.807) is 20.7 Å². The molecule has 0 amide bonds. The second kappa shape index (κ2) is 40.1. The zero-order valence-electron chi connectivity index (χ0n) is 76.8. The third-order valence-electron chi connectivity index (χ3n) is 29.1. The largest absolute Gasteiger partial charge is 0.180 e. The van der Waals surface area contributed by atoms with Crippen molar-refractivity contribution >= 4 is 144 Å². The molecular weight excluding hydrogens is 1730 g/mol. The summed E-state index contributed by atoms with van der Waals surface area (Å²) in [7, 11) is -12.4. The molecule has 0 saturated heterocycles. The monoisotopic (exact) mass is 1830 g/mol. The molecule has 2 heterocycles. The topological polar surface area (TPSA) is 0 Å². The average Bonchev–Trinajstić information content (AvgIpc) is 1.01. The quantitative estimate of drug-likeness (QED) is 0.0630. The Balaban J connectivity index is 0.000000115. The van der Waals surface area contributed by atoms with Crippen LogP contribution in [0.2, 0.25) is 0 Å². The van der Waals surface area contributed by atoms with E-state index in [2.05, 4.69) is 590 Å². The van der Waals surface area contributed by atoms with Crippen molar-refractivity contribution in [3.8, 4) is 11.1 Å². The summed E-state index contributed by atoms with van der Waals surface area (Å²) in [6, 6.07) is 214. The molecule has 21 aromatic carbocycles. The van der Waals surface area contributed by atoms with Crippen molar-refractivity contribution in [1.29, 1.82) is 0 Å². The summed E-state index contributed by atoms with van der Waals surface area (Å²) < 4.78 is 0. The minimum Gasteiger partial charge on any atom is -0.0776 e. The average molecular weight is 1840 g/mol. The molecule has 0 bridgehead atoms. The summed E-state index contributed by atoms with van der Waals surface area (Å²) in [5.74, 6) is 0.262. The molecule has 0 nitrogen and oxygen atoms in total. The molecule has 658 valence electrons. The van der Waals surface area contributed by atoms with E-state index >= 15 is 0 Å². The summed E-state index contributed by atoms with van der Waals surface area (Å²) in [5.41, 5.74) is 15.6. The van der Waals surface area contributed by atoms with Crippen LogP contribution in [0.4, 0.5) is 0 Å². The molecular formula is C132H110Si5. The molecule has 1 spiro atoms. The van der Waals surface area contributed by atoms with Crippen molar-refractivity contribution in [3.05, 3.63) is 626 Å². The van der Waals surface area contributed by atoms with Gasteiger partial charge in [-0.2, -0.15) is 0 Å². The molecule has 137 heavy (non-hydrogen) atoms. The van der Waals surface area contributed by atoms with Crippen LogP contribution in [0.25, 0.3) is 11.1 Å². The van der Waals surface area contributed by atoms with Gasteiger partial charge in [0.05, 0.1) is 0 Å². The number of rotatable bonds is 17. The fraction of sp³-hybridized carbons (Fsp3) is 0.0455. The van der Waals surface area contributed by atoms with Crippen LogP contribution in [0.15, 0.2) is 576 Å². The van der Waals surface area contributed by atoms with Crippen molar-refractivity contribution in [2.75, 3.05) is 0 Å². The first-order valence-corrected chi connectivity index (χ1v) is 57.8. The van der Waals surface area contributed by atoms with Crippen LogP contribution < -0.4 is 104 Å². The molecule has 5 heteroatoms. The summed E-state index contributed by atoms with van der Waals surface area (Å²) in [5, 5.41) is 28.9. The van der Waals surface area contributed by atoms with Gasteiger partial charge < -0.3 is 0 Å². The second-order valence-corrected chi connectivity index (χ2v) is 55.0. The zero-order valence-corrected chi connectivity index (χ0v) is 81.8. The van der Waals surface area contributed by atoms with Crippen LogP contribution >= 0.6 is 0 Å². The first kappa shape index (κ1) is 89.6. The van der Waals surface area contributed by atoms with E-state index < -0.39 is 40.4 Å². The van der Waals surface area contributed by atoms with E-state index in [-0.39, 0.29) is 13.3 Å². The molecule has 24 rings (SSSR count). The van der Waals surface area contributed by atoms with Gasteiger partial charge in [0.1, 0.15) is 0 Å². The first-order chi connectivity index (χ1) is 67.3. The molecule has 0 N–H and O–H groups in total. The highest BCUT2D eigenvalue weighted by Crippen LogP contribution is 2.48. The SMILES string of the molecule is C.Cc1ccccc1[Si](c1ccccc1)(c1ccccc1)c1ccccc1C.c1ccc([Si](c2ccccc2)(c2ccccc2)c2ccc(C3c4ccccc4-c4ccccc43)cc2)cc1.c1ccc([Si](c2ccccc2)(c2ccccc2)c2ccc([Si](c3ccccc3)(c3ccccc3)c3ccccc3)cc2)cc1.c1ccc2c(c1)Cc1ccccc1[Si]21c2ccccc2Cc2ccccc21. The van der Waals surface area contributed by atoms with Gasteiger partial charge in [0.25, 0.3) is 0 Å². The van der Waals surface area contributed by atoms with E-state index in [9.17, 15) is 0 Å². The standard InChI is InChI=1S/C42H34Si2.C37H28Si.C26H20Si.C26H24Si.CH4/c1-7-19-35(20-8-1)43(36-21-9-2-10-22-36,37-23-11-3-12-24-37)41-31-33-42(34-32-41)44(38-25-13-4-14-26-38,39-27-15-5-16-28-39)40-29-17-6-18-30-40;1-4-14-29(15-5-1)38(30-16-6-2-7-17-30,31-18-8-3-9-19-31)32-26-24-28(25-27-32)37-35-22-12-10-20-33(35)34-21-11-13-23-36(34)37;1-5-13-23-19(9-1)17-20-10-2-6-14-24(20)27(23)25-15-7-3-11-21(25)18-22-12-4-8-16-26(22)27;1-21-13-9-11-19-25(21)27(23-15-5-3-6-16-23,24-17-7-4-8-18-24)26-20-12-10-14-22(26)2;/h1-34H;1-27,37H;1-16H,17-18H2;3-20H,1-2H3;1H4. The Morgan fingerprint density at radius 2 is 0.343 bits per heavy atom. The number of aryl methyl sites for hydroxylation is 2. The lowest BCUT2D eigenvalue weighted by molar-refractivity contribution is 1.02. The van der Waals surface area contributed by atoms with E-state index in [0.29, 0.717) is 0 Å². The minimum atomic E-state index is -2.60. The Morgan fingerprint density at radius 1 is 0.168 bits per heavy atom. The first-order valence-electron chi connectivity index (χ1n) is 47.8. The number of hydrogen-bond acceptors (Lipinski definition) is 0. The maximum atomic E-state index is 2.45. The van der Waals surface area contributed by atoms with Gasteiger partial charge in [-0.25, -0.2) is 0 Å². The van der Waals surface area contributed by atoms with Crippen LogP contribution in [0.3, 0.4) is 0 Å². The highest BCUT2D eigenvalue weighted by molar-refractivity contribution is 7.23. The second-order valence-electron chi connectivity index (χ2n) is 36.2. The van der Waals surface area contributed by atoms with Crippen molar-refractivity contribution in [3.63, 3.8) is 0 Å². The molecule has 2 aliphatic heterocycles. The lowest BCUT2D eigenvalue weighted by Gasteiger charge is -2.44. The van der Waals surface area contributed by atoms with Gasteiger partial charge in [-0.3, -0.25) is 0 Å². The molecule has 0 radical (unpaired) electrons. The van der Waals surface area contributed by atoms with E-state index in [1.165, 1.54) is 144 Å². The minimum absolute atomic E-state index is 0. The van der Waals surface area contributed by atoms with E-state index in [4.69, 9.17) is 0 Å². The molecule has 0 fully saturated rings. The van der Waals surface area contributed by atoms with Gasteiger partial charge in [-0.05, 0) is 180 Å². The summed E-state index contributed by atoms with van der Waals surface area (Å²) in [6.07, 6.45) is 2.09. The lowest BCUT2D eigenvalue weighted by Crippen LogP contribution is -2.79. The highest BCUT2D eigenvalue weighted by Gasteiger charge is 2.51. The molecule has 0 atom stereocenters. The van der Waals surface area contributed by atoms with Gasteiger partial charge in [0.2, 0.25) is 0 Å². The summed E-state index contributed by atoms with van der Waals surface area (Å²) >= 11 is 0. The van der Waals surface area contributed by atoms with Gasteiger partial charge in [0, 0.05) is 5.92 Å². The van der Waals surface area contributed by atoms with Crippen molar-refractivity contribution < 1.29 is 0 Å². The zero-order chi connectivity index (χ0) is 91.6. The normalized spacial score (nSPS) is 12.5. The van der Waals surface area contributed by atoms with Gasteiger partial charge in [-0.15, -0.1) is 0 Å². The maximum Gasteiger partial charge on any atom is 0.180 e. The summed E-state index contributed by atoms with van der Waals surface area (Å²) in [4.78, 5) is 0. The van der Waals surface area contributed by atoms with E-state index in [1.807, 2.05) is 0 Å². The van der Waals surface area contributed by atoms with Gasteiger partial charge >= 0.3 is 0 Å². The highest BCUT2D eigenvalue weighted by atomic mass is 28.3. The number of fused-ring (bicyclic) bond motifs is 11. The lowest BCUT2D eigenvalue weighted by atomic mass is 9.89. The Morgan fingerprint density at radius 3 is 0.577 bits per heavy atom.